The maximum absolute atomic E-state index is 13.9. The quantitative estimate of drug-likeness (QED) is 0.162. The van der Waals surface area contributed by atoms with Gasteiger partial charge >= 0.3 is 0 Å². The van der Waals surface area contributed by atoms with Crippen LogP contribution in [0.2, 0.25) is 0 Å². The van der Waals surface area contributed by atoms with E-state index in [-0.39, 0.29) is 17.9 Å². The van der Waals surface area contributed by atoms with E-state index in [4.69, 9.17) is 0 Å². The molecule has 0 fully saturated rings. The molecule has 0 spiro atoms. The zero-order chi connectivity index (χ0) is 37.3. The molecular formula is C51H36N2O2. The van der Waals surface area contributed by atoms with Crippen LogP contribution in [0.4, 0.5) is 17.1 Å². The summed E-state index contributed by atoms with van der Waals surface area (Å²) >= 11 is 0. The van der Waals surface area contributed by atoms with Crippen LogP contribution in [-0.2, 0) is 0 Å². The molecule has 4 heteroatoms. The van der Waals surface area contributed by atoms with Gasteiger partial charge in [-0.1, -0.05) is 146 Å². The maximum atomic E-state index is 13.9. The predicted octanol–water partition coefficient (Wildman–Crippen LogP) is 12.8. The molecule has 0 amide bonds. The van der Waals surface area contributed by atoms with Crippen molar-refractivity contribution in [3.05, 3.63) is 217 Å². The van der Waals surface area contributed by atoms with Crippen molar-refractivity contribution in [3.63, 3.8) is 0 Å². The van der Waals surface area contributed by atoms with Gasteiger partial charge in [0, 0.05) is 39.8 Å². The molecule has 1 aliphatic rings. The Labute approximate surface area is 319 Å². The van der Waals surface area contributed by atoms with Gasteiger partial charge in [-0.25, -0.2) is 4.57 Å². The summed E-state index contributed by atoms with van der Waals surface area (Å²) in [5.41, 5.74) is 11.5. The minimum atomic E-state index is -0.314. The van der Waals surface area contributed by atoms with Crippen molar-refractivity contribution in [2.24, 2.45) is 0 Å². The number of carbonyl (C=O) groups excluding carboxylic acids is 1. The van der Waals surface area contributed by atoms with Crippen LogP contribution >= 0.6 is 0 Å². The Bertz CT molecular complexity index is 2770. The van der Waals surface area contributed by atoms with E-state index in [0.29, 0.717) is 10.9 Å². The number of carbonyl (C=O) groups is 1. The molecule has 0 bridgehead atoms. The van der Waals surface area contributed by atoms with Gasteiger partial charge in [-0.2, -0.15) is 0 Å². The van der Waals surface area contributed by atoms with Crippen molar-refractivity contribution in [1.82, 2.24) is 4.57 Å². The Morgan fingerprint density at radius 2 is 0.945 bits per heavy atom. The third kappa shape index (κ3) is 6.30. The van der Waals surface area contributed by atoms with Crippen LogP contribution in [0.25, 0.3) is 60.6 Å². The highest BCUT2D eigenvalue weighted by atomic mass is 16.2. The van der Waals surface area contributed by atoms with Crippen LogP contribution < -0.4 is 10.5 Å². The van der Waals surface area contributed by atoms with E-state index in [1.807, 2.05) is 48.6 Å². The lowest BCUT2D eigenvalue weighted by Gasteiger charge is -2.26. The zero-order valence-corrected chi connectivity index (χ0v) is 30.1. The molecule has 7 aromatic carbocycles. The number of anilines is 3. The molecule has 0 saturated heterocycles. The molecule has 8 aromatic rings. The van der Waals surface area contributed by atoms with Crippen LogP contribution in [0.3, 0.4) is 0 Å². The normalized spacial score (nSPS) is 13.8. The summed E-state index contributed by atoms with van der Waals surface area (Å²) in [5, 5.41) is 2.15. The molecule has 1 aliphatic heterocycles. The largest absolute Gasteiger partial charge is 0.311 e. The van der Waals surface area contributed by atoms with Crippen LogP contribution in [0, 0.1) is 0 Å². The molecule has 0 atom stereocenters. The number of benzene rings is 7. The second-order valence-electron chi connectivity index (χ2n) is 13.7. The Hall–Kier alpha value is -7.30. The number of pyridine rings is 1. The van der Waals surface area contributed by atoms with Crippen LogP contribution in [0.5, 0.6) is 0 Å². The Kier molecular flexibility index (Phi) is 8.69. The van der Waals surface area contributed by atoms with Crippen molar-refractivity contribution >= 4 is 50.2 Å². The maximum Gasteiger partial charge on any atom is 0.265 e. The molecular weight excluding hydrogens is 673 g/mol. The lowest BCUT2D eigenvalue weighted by atomic mass is 9.93. The number of hydrogen-bond donors (Lipinski definition) is 0. The van der Waals surface area contributed by atoms with Gasteiger partial charge in [0.2, 0.25) is 5.91 Å². The van der Waals surface area contributed by atoms with Crippen LogP contribution in [0.15, 0.2) is 206 Å². The SMILES string of the molecule is C=C1/C=C\C=C/CC(=O)n2c(=O)c3ccccc3c3cc(-c4ccc(N(c5ccc(-c6ccccc6)cc5)c5ccc(-c6ccccc6)cc5)cc4)cc1c32. The molecule has 2 heterocycles. The fraction of sp³-hybridized carbons (Fsp3) is 0.0196. The molecule has 4 nitrogen and oxygen atoms in total. The molecule has 55 heavy (non-hydrogen) atoms. The summed E-state index contributed by atoms with van der Waals surface area (Å²) in [6.45, 7) is 4.38. The average molecular weight is 709 g/mol. The predicted molar refractivity (Wildman–Crippen MR) is 229 cm³/mol. The highest BCUT2D eigenvalue weighted by molar-refractivity contribution is 6.13. The van der Waals surface area contributed by atoms with Gasteiger partial charge in [0.05, 0.1) is 5.52 Å². The first kappa shape index (κ1) is 33.5. The number of aromatic nitrogens is 1. The lowest BCUT2D eigenvalue weighted by Crippen LogP contribution is -2.27. The molecule has 0 unspecified atom stereocenters. The molecule has 0 radical (unpaired) electrons. The smallest absolute Gasteiger partial charge is 0.265 e. The van der Waals surface area contributed by atoms with E-state index in [0.717, 1.165) is 61.2 Å². The first-order valence-corrected chi connectivity index (χ1v) is 18.4. The third-order valence-electron chi connectivity index (χ3n) is 10.3. The monoisotopic (exact) mass is 708 g/mol. The van der Waals surface area contributed by atoms with E-state index in [9.17, 15) is 9.59 Å². The Morgan fingerprint density at radius 3 is 1.49 bits per heavy atom. The van der Waals surface area contributed by atoms with Crippen LogP contribution in [0.1, 0.15) is 16.8 Å². The molecule has 0 saturated carbocycles. The zero-order valence-electron chi connectivity index (χ0n) is 30.1. The molecule has 1 aromatic heterocycles. The van der Waals surface area contributed by atoms with E-state index in [2.05, 4.69) is 145 Å². The summed E-state index contributed by atoms with van der Waals surface area (Å²) in [5.74, 6) is -0.271. The summed E-state index contributed by atoms with van der Waals surface area (Å²) in [6, 6.07) is 58.5. The highest BCUT2D eigenvalue weighted by Gasteiger charge is 2.21. The van der Waals surface area contributed by atoms with Crippen molar-refractivity contribution < 1.29 is 4.79 Å². The van der Waals surface area contributed by atoms with Gasteiger partial charge in [0.15, 0.2) is 0 Å². The summed E-state index contributed by atoms with van der Waals surface area (Å²) < 4.78 is 1.35. The summed E-state index contributed by atoms with van der Waals surface area (Å²) in [6.07, 6.45) is 7.55. The van der Waals surface area contributed by atoms with Gasteiger partial charge in [-0.05, 0) is 98.9 Å². The minimum absolute atomic E-state index is 0.118. The first-order chi connectivity index (χ1) is 27.0. The third-order valence-corrected chi connectivity index (χ3v) is 10.3. The Morgan fingerprint density at radius 1 is 0.473 bits per heavy atom. The van der Waals surface area contributed by atoms with Crippen molar-refractivity contribution in [2.75, 3.05) is 4.90 Å². The number of rotatable bonds is 6. The Balaban J connectivity index is 1.17. The standard InChI is InChI=1S/C51H36N2O2/c1-35-13-5-2-10-20-49(54)53-50-47(35)33-41(34-48(50)45-18-11-12-19-46(45)51(53)55)40-25-31-44(32-26-40)52(42-27-21-38(22-28-42)36-14-6-3-7-15-36)43-29-23-39(24-30-43)37-16-8-4-9-17-37/h2-19,21-34H,1,20H2/b10-2-,13-5-. The number of fused-ring (bicyclic) bond motifs is 2. The lowest BCUT2D eigenvalue weighted by molar-refractivity contribution is 0.0919. The van der Waals surface area contributed by atoms with Gasteiger partial charge < -0.3 is 4.90 Å². The van der Waals surface area contributed by atoms with E-state index >= 15 is 0 Å². The number of nitrogens with zero attached hydrogens (tertiary/aromatic N) is 2. The van der Waals surface area contributed by atoms with E-state index < -0.39 is 0 Å². The van der Waals surface area contributed by atoms with E-state index in [1.165, 1.54) is 15.7 Å². The van der Waals surface area contributed by atoms with E-state index in [1.54, 1.807) is 12.1 Å². The molecule has 262 valence electrons. The fourth-order valence-electron chi connectivity index (χ4n) is 7.57. The second-order valence-corrected chi connectivity index (χ2v) is 13.7. The van der Waals surface area contributed by atoms with Gasteiger partial charge in [0.1, 0.15) is 0 Å². The number of allylic oxidation sites excluding steroid dienone is 5. The van der Waals surface area contributed by atoms with Crippen LogP contribution in [-0.4, -0.2) is 10.5 Å². The van der Waals surface area contributed by atoms with Crippen molar-refractivity contribution in [2.45, 2.75) is 6.42 Å². The molecule has 0 aliphatic carbocycles. The molecule has 0 N–H and O–H groups in total. The second kappa shape index (κ2) is 14.3. The first-order valence-electron chi connectivity index (χ1n) is 18.4. The highest BCUT2D eigenvalue weighted by Crippen LogP contribution is 2.39. The average Bonchev–Trinajstić information content (AvgIpc) is 3.24. The van der Waals surface area contributed by atoms with Gasteiger partial charge in [0.25, 0.3) is 5.56 Å². The van der Waals surface area contributed by atoms with Gasteiger partial charge in [-0.3, -0.25) is 9.59 Å². The van der Waals surface area contributed by atoms with Gasteiger partial charge in [-0.15, -0.1) is 0 Å². The fourth-order valence-corrected chi connectivity index (χ4v) is 7.57. The van der Waals surface area contributed by atoms with Crippen molar-refractivity contribution in [3.8, 4) is 33.4 Å². The topological polar surface area (TPSA) is 42.3 Å². The molecule has 9 rings (SSSR count). The van der Waals surface area contributed by atoms with Crippen molar-refractivity contribution in [1.29, 1.82) is 0 Å². The minimum Gasteiger partial charge on any atom is -0.311 e. The number of hydrogen-bond acceptors (Lipinski definition) is 3. The summed E-state index contributed by atoms with van der Waals surface area (Å²) in [7, 11) is 0. The summed E-state index contributed by atoms with van der Waals surface area (Å²) in [4.78, 5) is 29.8.